The number of hydrogen-bond acceptors (Lipinski definition) is 5. The summed E-state index contributed by atoms with van der Waals surface area (Å²) in [6, 6.07) is 12.8. The van der Waals surface area contributed by atoms with E-state index in [0.29, 0.717) is 35.9 Å². The second-order valence-electron chi connectivity index (χ2n) is 7.20. The van der Waals surface area contributed by atoms with Gasteiger partial charge in [0, 0.05) is 19.1 Å². The number of methoxy groups -OCH3 is 3. The average molecular weight is 412 g/mol. The molecule has 3 rings (SSSR count). The summed E-state index contributed by atoms with van der Waals surface area (Å²) < 4.78 is 15.8. The van der Waals surface area contributed by atoms with Crippen LogP contribution in [0.2, 0.25) is 0 Å². The zero-order valence-corrected chi connectivity index (χ0v) is 17.6. The lowest BCUT2D eigenvalue weighted by Crippen LogP contribution is -2.46. The highest BCUT2D eigenvalue weighted by Gasteiger charge is 2.26. The highest BCUT2D eigenvalue weighted by molar-refractivity contribution is 5.97. The van der Waals surface area contributed by atoms with E-state index < -0.39 is 0 Å². The summed E-state index contributed by atoms with van der Waals surface area (Å²) in [4.78, 5) is 27.1. The lowest BCUT2D eigenvalue weighted by atomic mass is 10.0. The molecule has 1 heterocycles. The van der Waals surface area contributed by atoms with Gasteiger partial charge in [-0.1, -0.05) is 18.2 Å². The molecule has 1 aliphatic rings. The van der Waals surface area contributed by atoms with Crippen LogP contribution in [0.4, 0.5) is 0 Å². The van der Waals surface area contributed by atoms with Crippen molar-refractivity contribution in [1.29, 1.82) is 0 Å². The average Bonchev–Trinajstić information content (AvgIpc) is 2.78. The molecule has 0 aromatic heterocycles. The number of piperidine rings is 1. The van der Waals surface area contributed by atoms with E-state index in [0.717, 1.165) is 18.4 Å². The first-order chi connectivity index (χ1) is 14.5. The van der Waals surface area contributed by atoms with Crippen LogP contribution in [0.25, 0.3) is 0 Å². The Bertz CT molecular complexity index is 891. The van der Waals surface area contributed by atoms with Gasteiger partial charge in [0.2, 0.25) is 5.91 Å². The fraction of sp³-hybridized carbons (Fsp3) is 0.391. The summed E-state index contributed by atoms with van der Waals surface area (Å²) in [6.45, 7) is 1.19. The summed E-state index contributed by atoms with van der Waals surface area (Å²) >= 11 is 0. The van der Waals surface area contributed by atoms with E-state index in [9.17, 15) is 9.59 Å². The molecule has 0 bridgehead atoms. The predicted molar refractivity (Wildman–Crippen MR) is 113 cm³/mol. The number of carbonyl (C=O) groups is 2. The number of carbonyl (C=O) groups excluding carboxylic acids is 2. The SMILES string of the molecule is COc1ccc(CC(=O)NC2CCN(C(=O)c3ccccc3OC)CC2)cc1OC. The highest BCUT2D eigenvalue weighted by atomic mass is 16.5. The van der Waals surface area contributed by atoms with Crippen molar-refractivity contribution in [3.05, 3.63) is 53.6 Å². The number of nitrogens with zero attached hydrogens (tertiary/aromatic N) is 1. The molecule has 0 radical (unpaired) electrons. The molecule has 0 atom stereocenters. The van der Waals surface area contributed by atoms with E-state index in [1.807, 2.05) is 29.2 Å². The smallest absolute Gasteiger partial charge is 0.257 e. The zero-order chi connectivity index (χ0) is 21.5. The summed E-state index contributed by atoms with van der Waals surface area (Å²) in [5.41, 5.74) is 1.42. The van der Waals surface area contributed by atoms with Crippen molar-refractivity contribution in [2.75, 3.05) is 34.4 Å². The lowest BCUT2D eigenvalue weighted by Gasteiger charge is -2.32. The summed E-state index contributed by atoms with van der Waals surface area (Å²) in [6.07, 6.45) is 1.71. The number of para-hydroxylation sites is 1. The Labute approximate surface area is 176 Å². The van der Waals surface area contributed by atoms with Gasteiger partial charge < -0.3 is 24.4 Å². The number of nitrogens with one attached hydrogen (secondary N) is 1. The Kier molecular flexibility index (Phi) is 7.17. The Morgan fingerprint density at radius 2 is 1.60 bits per heavy atom. The predicted octanol–water partition coefficient (Wildman–Crippen LogP) is 2.68. The number of likely N-dealkylation sites (tertiary alicyclic amines) is 1. The van der Waals surface area contributed by atoms with Crippen molar-refractivity contribution in [2.24, 2.45) is 0 Å². The van der Waals surface area contributed by atoms with Crippen LogP contribution in [0.5, 0.6) is 17.2 Å². The molecule has 160 valence electrons. The van der Waals surface area contributed by atoms with Gasteiger partial charge in [0.15, 0.2) is 11.5 Å². The van der Waals surface area contributed by atoms with Crippen molar-refractivity contribution in [3.63, 3.8) is 0 Å². The van der Waals surface area contributed by atoms with Crippen LogP contribution < -0.4 is 19.5 Å². The standard InChI is InChI=1S/C23H28N2O5/c1-28-19-7-5-4-6-18(19)23(27)25-12-10-17(11-13-25)24-22(26)15-16-8-9-20(29-2)21(14-16)30-3/h4-9,14,17H,10-13,15H2,1-3H3,(H,24,26). The molecule has 30 heavy (non-hydrogen) atoms. The van der Waals surface area contributed by atoms with Crippen molar-refractivity contribution >= 4 is 11.8 Å². The summed E-state index contributed by atoms with van der Waals surface area (Å²) in [5, 5.41) is 3.08. The van der Waals surface area contributed by atoms with Gasteiger partial charge in [0.05, 0.1) is 33.3 Å². The summed E-state index contributed by atoms with van der Waals surface area (Å²) in [5.74, 6) is 1.73. The van der Waals surface area contributed by atoms with Crippen molar-refractivity contribution in [3.8, 4) is 17.2 Å². The molecular formula is C23H28N2O5. The minimum absolute atomic E-state index is 0.0393. The molecule has 0 saturated carbocycles. The highest BCUT2D eigenvalue weighted by Crippen LogP contribution is 2.28. The maximum absolute atomic E-state index is 12.8. The third kappa shape index (κ3) is 5.03. The third-order valence-corrected chi connectivity index (χ3v) is 5.30. The Hall–Kier alpha value is -3.22. The maximum Gasteiger partial charge on any atom is 0.257 e. The number of rotatable bonds is 7. The van der Waals surface area contributed by atoms with Crippen molar-refractivity contribution < 1.29 is 23.8 Å². The van der Waals surface area contributed by atoms with Gasteiger partial charge in [0.1, 0.15) is 5.75 Å². The van der Waals surface area contributed by atoms with Gasteiger partial charge in [-0.15, -0.1) is 0 Å². The largest absolute Gasteiger partial charge is 0.496 e. The fourth-order valence-electron chi connectivity index (χ4n) is 3.67. The molecule has 2 amide bonds. The molecule has 1 N–H and O–H groups in total. The monoisotopic (exact) mass is 412 g/mol. The van der Waals surface area contributed by atoms with E-state index in [2.05, 4.69) is 5.32 Å². The maximum atomic E-state index is 12.8. The third-order valence-electron chi connectivity index (χ3n) is 5.30. The van der Waals surface area contributed by atoms with Gasteiger partial charge in [0.25, 0.3) is 5.91 Å². The zero-order valence-electron chi connectivity index (χ0n) is 17.6. The van der Waals surface area contributed by atoms with E-state index in [1.165, 1.54) is 0 Å². The van der Waals surface area contributed by atoms with E-state index in [-0.39, 0.29) is 24.3 Å². The van der Waals surface area contributed by atoms with Gasteiger partial charge in [-0.3, -0.25) is 9.59 Å². The lowest BCUT2D eigenvalue weighted by molar-refractivity contribution is -0.121. The Morgan fingerprint density at radius 1 is 0.933 bits per heavy atom. The van der Waals surface area contributed by atoms with Crippen LogP contribution in [0.15, 0.2) is 42.5 Å². The van der Waals surface area contributed by atoms with E-state index >= 15 is 0 Å². The number of amides is 2. The van der Waals surface area contributed by atoms with Gasteiger partial charge in [-0.25, -0.2) is 0 Å². The van der Waals surface area contributed by atoms with E-state index in [1.54, 1.807) is 39.5 Å². The molecule has 7 nitrogen and oxygen atoms in total. The normalized spacial score (nSPS) is 14.2. The molecule has 0 unspecified atom stereocenters. The first-order valence-corrected chi connectivity index (χ1v) is 9.98. The second kappa shape index (κ2) is 10.0. The quantitative estimate of drug-likeness (QED) is 0.757. The van der Waals surface area contributed by atoms with E-state index in [4.69, 9.17) is 14.2 Å². The number of benzene rings is 2. The minimum atomic E-state index is -0.0447. The fourth-order valence-corrected chi connectivity index (χ4v) is 3.67. The molecule has 0 aliphatic carbocycles. The Morgan fingerprint density at radius 3 is 2.27 bits per heavy atom. The van der Waals surface area contributed by atoms with Gasteiger partial charge in [-0.2, -0.15) is 0 Å². The first kappa shape index (κ1) is 21.5. The molecule has 1 aliphatic heterocycles. The topological polar surface area (TPSA) is 77.1 Å². The van der Waals surface area contributed by atoms with Crippen LogP contribution in [0.1, 0.15) is 28.8 Å². The molecule has 2 aromatic rings. The van der Waals surface area contributed by atoms with Crippen LogP contribution >= 0.6 is 0 Å². The van der Waals surface area contributed by atoms with Crippen LogP contribution in [-0.4, -0.2) is 57.2 Å². The molecule has 1 fully saturated rings. The van der Waals surface area contributed by atoms with Gasteiger partial charge >= 0.3 is 0 Å². The second-order valence-corrected chi connectivity index (χ2v) is 7.20. The number of ether oxygens (including phenoxy) is 3. The molecular weight excluding hydrogens is 384 g/mol. The Balaban J connectivity index is 1.52. The summed E-state index contributed by atoms with van der Waals surface area (Å²) in [7, 11) is 4.71. The molecule has 1 saturated heterocycles. The van der Waals surface area contributed by atoms with Crippen molar-refractivity contribution in [1.82, 2.24) is 10.2 Å². The van der Waals surface area contributed by atoms with Gasteiger partial charge in [-0.05, 0) is 42.7 Å². The first-order valence-electron chi connectivity index (χ1n) is 9.98. The van der Waals surface area contributed by atoms with Crippen LogP contribution in [0, 0.1) is 0 Å². The molecule has 7 heteroatoms. The number of hydrogen-bond donors (Lipinski definition) is 1. The van der Waals surface area contributed by atoms with Crippen LogP contribution in [-0.2, 0) is 11.2 Å². The van der Waals surface area contributed by atoms with Crippen LogP contribution in [0.3, 0.4) is 0 Å². The van der Waals surface area contributed by atoms with Crippen molar-refractivity contribution in [2.45, 2.75) is 25.3 Å². The molecule has 2 aromatic carbocycles. The minimum Gasteiger partial charge on any atom is -0.496 e. The molecule has 0 spiro atoms.